The summed E-state index contributed by atoms with van der Waals surface area (Å²) in [5.41, 5.74) is 3.07. The zero-order valence-electron chi connectivity index (χ0n) is 21.7. The van der Waals surface area contributed by atoms with E-state index in [1.807, 2.05) is 12.1 Å². The number of fused-ring (bicyclic) bond motifs is 1. The first-order chi connectivity index (χ1) is 17.7. The first-order valence-corrected chi connectivity index (χ1v) is 13.9. The van der Waals surface area contributed by atoms with Gasteiger partial charge in [-0.2, -0.15) is 5.26 Å². The van der Waals surface area contributed by atoms with Gasteiger partial charge in [-0.25, -0.2) is 4.39 Å². The molecule has 36 heavy (non-hydrogen) atoms. The normalized spacial score (nSPS) is 17.4. The van der Waals surface area contributed by atoms with E-state index < -0.39 is 0 Å². The molecule has 0 amide bonds. The fourth-order valence-corrected chi connectivity index (χ4v) is 5.58. The van der Waals surface area contributed by atoms with Crippen LogP contribution in [-0.2, 0) is 6.42 Å². The lowest BCUT2D eigenvalue weighted by Crippen LogP contribution is -2.15. The predicted molar refractivity (Wildman–Crippen MR) is 148 cm³/mol. The van der Waals surface area contributed by atoms with Crippen LogP contribution in [0.1, 0.15) is 99.8 Å². The van der Waals surface area contributed by atoms with Crippen LogP contribution in [0.15, 0.2) is 54.6 Å². The largest absolute Gasteiger partial charge is 0.205 e. The van der Waals surface area contributed by atoms with Crippen LogP contribution >= 0.6 is 0 Å². The van der Waals surface area contributed by atoms with E-state index in [1.165, 1.54) is 76.2 Å². The molecule has 4 rings (SSSR count). The maximum absolute atomic E-state index is 15.1. The maximum atomic E-state index is 15.1. The first kappa shape index (κ1) is 26.0. The van der Waals surface area contributed by atoms with Gasteiger partial charge in [-0.05, 0) is 66.0 Å². The summed E-state index contributed by atoms with van der Waals surface area (Å²) in [6.07, 6.45) is 16.3. The van der Waals surface area contributed by atoms with E-state index in [-0.39, 0.29) is 5.82 Å². The first-order valence-electron chi connectivity index (χ1n) is 13.9. The monoisotopic (exact) mass is 479 g/mol. The summed E-state index contributed by atoms with van der Waals surface area (Å²) in [5, 5.41) is 10.5. The van der Waals surface area contributed by atoms with Crippen LogP contribution in [0.2, 0.25) is 0 Å². The molecular weight excluding hydrogens is 441 g/mol. The maximum Gasteiger partial charge on any atom is 0.146 e. The Kier molecular flexibility index (Phi) is 9.58. The molecule has 3 aromatic rings. The van der Waals surface area contributed by atoms with Gasteiger partial charge in [0.2, 0.25) is 0 Å². The number of unbranched alkanes of at least 4 members (excludes halogenated alkanes) is 4. The molecule has 0 unspecified atom stereocenters. The molecule has 1 nitrogen and oxygen atoms in total. The highest BCUT2D eigenvalue weighted by atomic mass is 19.1. The highest BCUT2D eigenvalue weighted by molar-refractivity contribution is 5.85. The molecule has 1 aliphatic carbocycles. The van der Waals surface area contributed by atoms with E-state index in [1.54, 1.807) is 30.3 Å². The molecule has 1 fully saturated rings. The average molecular weight is 480 g/mol. The van der Waals surface area contributed by atoms with E-state index in [0.717, 1.165) is 29.2 Å². The number of hydrogen-bond acceptors (Lipinski definition) is 1. The number of aryl methyl sites for hydroxylation is 1. The standard InChI is InChI=1S/C34H38FN/c1-2-3-4-5-6-7-26-8-10-27(11-9-26)12-15-29-19-23-33-32(24-29)22-21-31(34(33)35)20-18-28-13-16-30(25-36)17-14-28/h13-14,16-17,19,21-24,26-27H,2-12,15H2,1H3. The van der Waals surface area contributed by atoms with E-state index in [4.69, 9.17) is 5.26 Å². The molecular formula is C34H38FN. The number of hydrogen-bond donors (Lipinski definition) is 0. The summed E-state index contributed by atoms with van der Waals surface area (Å²) in [5.74, 6) is 7.51. The zero-order chi connectivity index (χ0) is 25.2. The molecule has 186 valence electrons. The van der Waals surface area contributed by atoms with Crippen LogP contribution in [-0.4, -0.2) is 0 Å². The summed E-state index contributed by atoms with van der Waals surface area (Å²) in [7, 11) is 0. The van der Waals surface area contributed by atoms with Crippen molar-refractivity contribution in [2.45, 2.75) is 84.0 Å². The van der Waals surface area contributed by atoms with Crippen molar-refractivity contribution in [2.24, 2.45) is 11.8 Å². The van der Waals surface area contributed by atoms with Crippen LogP contribution in [0.4, 0.5) is 4.39 Å². The summed E-state index contributed by atoms with van der Waals surface area (Å²) in [6, 6.07) is 19.0. The van der Waals surface area contributed by atoms with Gasteiger partial charge in [0.1, 0.15) is 5.82 Å². The Morgan fingerprint density at radius 1 is 0.778 bits per heavy atom. The molecule has 2 heteroatoms. The molecule has 0 N–H and O–H groups in total. The van der Waals surface area contributed by atoms with Crippen molar-refractivity contribution in [3.63, 3.8) is 0 Å². The third-order valence-electron chi connectivity index (χ3n) is 7.90. The Morgan fingerprint density at radius 3 is 2.19 bits per heavy atom. The highest BCUT2D eigenvalue weighted by Gasteiger charge is 2.20. The van der Waals surface area contributed by atoms with Gasteiger partial charge >= 0.3 is 0 Å². The Morgan fingerprint density at radius 2 is 1.47 bits per heavy atom. The molecule has 0 heterocycles. The number of halogens is 1. The second-order valence-corrected chi connectivity index (χ2v) is 10.6. The minimum atomic E-state index is -0.256. The minimum absolute atomic E-state index is 0.256. The number of nitriles is 1. The van der Waals surface area contributed by atoms with Crippen molar-refractivity contribution >= 4 is 10.8 Å². The third kappa shape index (κ3) is 7.21. The fraction of sp³-hybridized carbons (Fsp3) is 0.441. The SMILES string of the molecule is CCCCCCCC1CCC(CCc2ccc3c(F)c(C#Cc4ccc(C#N)cc4)ccc3c2)CC1. The molecule has 0 aliphatic heterocycles. The summed E-state index contributed by atoms with van der Waals surface area (Å²) in [6.45, 7) is 2.28. The van der Waals surface area contributed by atoms with Gasteiger partial charge in [0.05, 0.1) is 17.2 Å². The van der Waals surface area contributed by atoms with Gasteiger partial charge in [0.15, 0.2) is 0 Å². The quantitative estimate of drug-likeness (QED) is 0.221. The average Bonchev–Trinajstić information content (AvgIpc) is 2.92. The lowest BCUT2D eigenvalue weighted by molar-refractivity contribution is 0.249. The van der Waals surface area contributed by atoms with Crippen LogP contribution in [0.3, 0.4) is 0 Å². The molecule has 0 bridgehead atoms. The Labute approximate surface area is 216 Å². The van der Waals surface area contributed by atoms with Crippen molar-refractivity contribution in [1.82, 2.24) is 0 Å². The van der Waals surface area contributed by atoms with Crippen molar-refractivity contribution in [1.29, 1.82) is 5.26 Å². The highest BCUT2D eigenvalue weighted by Crippen LogP contribution is 2.34. The summed E-state index contributed by atoms with van der Waals surface area (Å²) in [4.78, 5) is 0. The second kappa shape index (κ2) is 13.3. The Bertz CT molecular complexity index is 1230. The molecule has 0 radical (unpaired) electrons. The Balaban J connectivity index is 1.29. The number of nitrogens with zero attached hydrogens (tertiary/aromatic N) is 1. The van der Waals surface area contributed by atoms with Crippen LogP contribution in [0.25, 0.3) is 10.8 Å². The Hall–Kier alpha value is -3.10. The van der Waals surface area contributed by atoms with E-state index in [2.05, 4.69) is 37.0 Å². The minimum Gasteiger partial charge on any atom is -0.205 e. The van der Waals surface area contributed by atoms with Gasteiger partial charge in [0, 0.05) is 10.9 Å². The lowest BCUT2D eigenvalue weighted by atomic mass is 9.77. The van der Waals surface area contributed by atoms with Gasteiger partial charge in [-0.3, -0.25) is 0 Å². The molecule has 0 atom stereocenters. The van der Waals surface area contributed by atoms with Crippen molar-refractivity contribution in [2.75, 3.05) is 0 Å². The molecule has 1 aliphatic rings. The van der Waals surface area contributed by atoms with Crippen molar-refractivity contribution < 1.29 is 4.39 Å². The molecule has 3 aromatic carbocycles. The van der Waals surface area contributed by atoms with E-state index in [0.29, 0.717) is 16.5 Å². The van der Waals surface area contributed by atoms with E-state index >= 15 is 4.39 Å². The fourth-order valence-electron chi connectivity index (χ4n) is 5.58. The summed E-state index contributed by atoms with van der Waals surface area (Å²) >= 11 is 0. The van der Waals surface area contributed by atoms with Gasteiger partial charge in [-0.15, -0.1) is 0 Å². The molecule has 0 saturated heterocycles. The van der Waals surface area contributed by atoms with E-state index in [9.17, 15) is 0 Å². The molecule has 0 aromatic heterocycles. The third-order valence-corrected chi connectivity index (χ3v) is 7.90. The molecule has 1 saturated carbocycles. The van der Waals surface area contributed by atoms with Gasteiger partial charge in [-0.1, -0.05) is 107 Å². The smallest absolute Gasteiger partial charge is 0.146 e. The topological polar surface area (TPSA) is 23.8 Å². The van der Waals surface area contributed by atoms with Gasteiger partial charge < -0.3 is 0 Å². The number of rotatable bonds is 9. The van der Waals surface area contributed by atoms with Crippen molar-refractivity contribution in [3.8, 4) is 17.9 Å². The number of benzene rings is 3. The van der Waals surface area contributed by atoms with Crippen LogP contribution < -0.4 is 0 Å². The summed E-state index contributed by atoms with van der Waals surface area (Å²) < 4.78 is 15.1. The molecule has 0 spiro atoms. The second-order valence-electron chi connectivity index (χ2n) is 10.6. The van der Waals surface area contributed by atoms with Crippen LogP contribution in [0, 0.1) is 40.8 Å². The zero-order valence-corrected chi connectivity index (χ0v) is 21.7. The van der Waals surface area contributed by atoms with Crippen molar-refractivity contribution in [3.05, 3.63) is 82.7 Å². The predicted octanol–water partition coefficient (Wildman–Crippen LogP) is 9.35. The van der Waals surface area contributed by atoms with Gasteiger partial charge in [0.25, 0.3) is 0 Å². The lowest BCUT2D eigenvalue weighted by Gasteiger charge is -2.28. The van der Waals surface area contributed by atoms with Crippen LogP contribution in [0.5, 0.6) is 0 Å².